The zero-order valence-electron chi connectivity index (χ0n) is 23.6. The van der Waals surface area contributed by atoms with Gasteiger partial charge in [0.25, 0.3) is 0 Å². The molecule has 0 saturated heterocycles. The minimum absolute atomic E-state index is 0.00691. The average Bonchev–Trinajstić information content (AvgIpc) is 2.94. The summed E-state index contributed by atoms with van der Waals surface area (Å²) in [5.41, 5.74) is 1.82. The van der Waals surface area contributed by atoms with Crippen LogP contribution in [0.15, 0.2) is 78.9 Å². The van der Waals surface area contributed by atoms with Gasteiger partial charge in [0.1, 0.15) is 12.6 Å². The summed E-state index contributed by atoms with van der Waals surface area (Å²) < 4.78 is 28.8. The van der Waals surface area contributed by atoms with Gasteiger partial charge in [0.15, 0.2) is 0 Å². The maximum Gasteiger partial charge on any atom is 0.304 e. The first-order valence-electron chi connectivity index (χ1n) is 13.2. The van der Waals surface area contributed by atoms with E-state index in [2.05, 4.69) is 5.32 Å². The van der Waals surface area contributed by atoms with Crippen molar-refractivity contribution in [3.63, 3.8) is 0 Å². The molecule has 3 aromatic carbocycles. The summed E-state index contributed by atoms with van der Waals surface area (Å²) in [6.07, 6.45) is 0.226. The maximum atomic E-state index is 14.2. The van der Waals surface area contributed by atoms with E-state index in [1.54, 1.807) is 48.5 Å². The molecule has 0 aliphatic heterocycles. The Morgan fingerprint density at radius 2 is 1.46 bits per heavy atom. The van der Waals surface area contributed by atoms with Crippen LogP contribution in [0.1, 0.15) is 25.0 Å². The molecule has 0 aromatic heterocycles. The number of halogens is 2. The fourth-order valence-electron chi connectivity index (χ4n) is 4.12. The molecule has 3 rings (SSSR count). The molecule has 0 radical (unpaired) electrons. The van der Waals surface area contributed by atoms with Gasteiger partial charge in [-0.25, -0.2) is 4.31 Å². The molecule has 41 heavy (non-hydrogen) atoms. The van der Waals surface area contributed by atoms with Crippen molar-refractivity contribution in [2.24, 2.45) is 5.92 Å². The standard InChI is InChI=1S/C30H36Cl2N4O4S/c1-22(2)19-33-30(38)28(18-23-11-7-5-8-12-23)35(20-24-15-16-26(31)27(32)17-24)29(37)21-36(41(39,40)34(3)4)25-13-9-6-10-14-25/h5-17,22,28H,18-21H2,1-4H3,(H,33,38)/t28-/m0/s1. The number of amides is 2. The fraction of sp³-hybridized carbons (Fsp3) is 0.333. The second-order valence-corrected chi connectivity index (χ2v) is 13.1. The van der Waals surface area contributed by atoms with Gasteiger partial charge in [-0.05, 0) is 41.3 Å². The van der Waals surface area contributed by atoms with Gasteiger partial charge in [0.2, 0.25) is 11.8 Å². The third-order valence-electron chi connectivity index (χ3n) is 6.36. The van der Waals surface area contributed by atoms with E-state index in [1.165, 1.54) is 19.0 Å². The Labute approximate surface area is 253 Å². The van der Waals surface area contributed by atoms with Crippen LogP contribution in [-0.2, 0) is 32.8 Å². The molecule has 0 bridgehead atoms. The van der Waals surface area contributed by atoms with Crippen LogP contribution >= 0.6 is 23.2 Å². The Morgan fingerprint density at radius 3 is 2.02 bits per heavy atom. The molecule has 1 N–H and O–H groups in total. The van der Waals surface area contributed by atoms with Crippen LogP contribution in [-0.4, -0.2) is 62.7 Å². The SMILES string of the molecule is CC(C)CNC(=O)[C@H](Cc1ccccc1)N(Cc1ccc(Cl)c(Cl)c1)C(=O)CN(c1ccccc1)S(=O)(=O)N(C)C. The number of carbonyl (C=O) groups excluding carboxylic acids is 2. The summed E-state index contributed by atoms with van der Waals surface area (Å²) in [6.45, 7) is 3.87. The van der Waals surface area contributed by atoms with E-state index >= 15 is 0 Å². The van der Waals surface area contributed by atoms with Crippen LogP contribution in [0.25, 0.3) is 0 Å². The zero-order valence-corrected chi connectivity index (χ0v) is 26.0. The highest BCUT2D eigenvalue weighted by atomic mass is 35.5. The van der Waals surface area contributed by atoms with Gasteiger partial charge in [0.05, 0.1) is 15.7 Å². The van der Waals surface area contributed by atoms with E-state index in [4.69, 9.17) is 23.2 Å². The average molecular weight is 620 g/mol. The van der Waals surface area contributed by atoms with Crippen molar-refractivity contribution in [2.75, 3.05) is 31.5 Å². The number of nitrogens with one attached hydrogen (secondary N) is 1. The molecule has 220 valence electrons. The van der Waals surface area contributed by atoms with Crippen molar-refractivity contribution >= 4 is 50.9 Å². The van der Waals surface area contributed by atoms with Crippen molar-refractivity contribution in [3.8, 4) is 0 Å². The second-order valence-electron chi connectivity index (χ2n) is 10.2. The van der Waals surface area contributed by atoms with Gasteiger partial charge in [-0.15, -0.1) is 0 Å². The lowest BCUT2D eigenvalue weighted by atomic mass is 10.0. The van der Waals surface area contributed by atoms with Crippen LogP contribution in [0, 0.1) is 5.92 Å². The van der Waals surface area contributed by atoms with Crippen molar-refractivity contribution in [3.05, 3.63) is 100 Å². The fourth-order valence-corrected chi connectivity index (χ4v) is 5.50. The number of rotatable bonds is 13. The molecule has 11 heteroatoms. The summed E-state index contributed by atoms with van der Waals surface area (Å²) in [7, 11) is -1.24. The van der Waals surface area contributed by atoms with Crippen LogP contribution < -0.4 is 9.62 Å². The number of nitrogens with zero attached hydrogens (tertiary/aromatic N) is 3. The quantitative estimate of drug-likeness (QED) is 0.291. The van der Waals surface area contributed by atoms with E-state index in [0.29, 0.717) is 27.8 Å². The lowest BCUT2D eigenvalue weighted by molar-refractivity contribution is -0.140. The number of benzene rings is 3. The molecule has 0 aliphatic rings. The van der Waals surface area contributed by atoms with Crippen LogP contribution in [0.2, 0.25) is 10.0 Å². The van der Waals surface area contributed by atoms with Gasteiger partial charge in [-0.2, -0.15) is 12.7 Å². The molecule has 0 heterocycles. The topological polar surface area (TPSA) is 90.0 Å². The van der Waals surface area contributed by atoms with Gasteiger partial charge in [-0.3, -0.25) is 9.59 Å². The van der Waals surface area contributed by atoms with Crippen LogP contribution in [0.5, 0.6) is 0 Å². The summed E-state index contributed by atoms with van der Waals surface area (Å²) in [5, 5.41) is 3.62. The molecule has 2 amide bonds. The molecular weight excluding hydrogens is 583 g/mol. The van der Waals surface area contributed by atoms with Crippen LogP contribution in [0.4, 0.5) is 5.69 Å². The summed E-state index contributed by atoms with van der Waals surface area (Å²) >= 11 is 12.4. The largest absolute Gasteiger partial charge is 0.354 e. The third kappa shape index (κ3) is 8.94. The van der Waals surface area contributed by atoms with Crippen molar-refractivity contribution in [1.82, 2.24) is 14.5 Å². The summed E-state index contributed by atoms with van der Waals surface area (Å²) in [5.74, 6) is -0.696. The summed E-state index contributed by atoms with van der Waals surface area (Å²) in [4.78, 5) is 29.3. The van der Waals surface area contributed by atoms with Gasteiger partial charge in [-0.1, -0.05) is 91.6 Å². The smallest absolute Gasteiger partial charge is 0.304 e. The molecule has 0 fully saturated rings. The molecular formula is C30H36Cl2N4O4S. The van der Waals surface area contributed by atoms with Gasteiger partial charge < -0.3 is 10.2 Å². The minimum Gasteiger partial charge on any atom is -0.354 e. The molecule has 3 aromatic rings. The first kappa shape index (κ1) is 32.4. The molecule has 1 atom stereocenters. The maximum absolute atomic E-state index is 14.2. The molecule has 8 nitrogen and oxygen atoms in total. The number of carbonyl (C=O) groups is 2. The van der Waals surface area contributed by atoms with Crippen molar-refractivity contribution in [2.45, 2.75) is 32.9 Å². The Bertz CT molecular complexity index is 1420. The molecule has 0 spiro atoms. The molecule has 0 saturated carbocycles. The second kappa shape index (κ2) is 14.7. The predicted molar refractivity (Wildman–Crippen MR) is 165 cm³/mol. The van der Waals surface area contributed by atoms with E-state index in [-0.39, 0.29) is 24.8 Å². The first-order chi connectivity index (χ1) is 19.4. The monoisotopic (exact) mass is 618 g/mol. The Kier molecular flexibility index (Phi) is 11.6. The Hall–Kier alpha value is -3.11. The highest BCUT2D eigenvalue weighted by molar-refractivity contribution is 7.90. The number of para-hydroxylation sites is 1. The number of hydrogen-bond donors (Lipinski definition) is 1. The Balaban J connectivity index is 2.09. The Morgan fingerprint density at radius 1 is 0.854 bits per heavy atom. The number of hydrogen-bond acceptors (Lipinski definition) is 4. The van der Waals surface area contributed by atoms with Gasteiger partial charge in [0, 0.05) is 33.6 Å². The normalized spacial score (nSPS) is 12.3. The zero-order chi connectivity index (χ0) is 30.2. The van der Waals surface area contributed by atoms with E-state index in [9.17, 15) is 18.0 Å². The molecule has 0 unspecified atom stereocenters. The lowest BCUT2D eigenvalue weighted by Crippen LogP contribution is -2.54. The highest BCUT2D eigenvalue weighted by Gasteiger charge is 2.34. The van der Waals surface area contributed by atoms with E-state index < -0.39 is 28.7 Å². The summed E-state index contributed by atoms with van der Waals surface area (Å²) in [6, 6.07) is 21.8. The number of anilines is 1. The highest BCUT2D eigenvalue weighted by Crippen LogP contribution is 2.25. The predicted octanol–water partition coefficient (Wildman–Crippen LogP) is 5.02. The van der Waals surface area contributed by atoms with Crippen molar-refractivity contribution < 1.29 is 18.0 Å². The van der Waals surface area contributed by atoms with Gasteiger partial charge >= 0.3 is 10.2 Å². The first-order valence-corrected chi connectivity index (χ1v) is 15.4. The van der Waals surface area contributed by atoms with E-state index in [0.717, 1.165) is 14.2 Å². The lowest BCUT2D eigenvalue weighted by Gasteiger charge is -2.34. The third-order valence-corrected chi connectivity index (χ3v) is 8.91. The van der Waals surface area contributed by atoms with E-state index in [1.807, 2.05) is 44.2 Å². The van der Waals surface area contributed by atoms with Crippen LogP contribution in [0.3, 0.4) is 0 Å². The molecule has 0 aliphatic carbocycles. The van der Waals surface area contributed by atoms with Crippen molar-refractivity contribution in [1.29, 1.82) is 0 Å². The minimum atomic E-state index is -4.05.